The van der Waals surface area contributed by atoms with Crippen LogP contribution < -0.4 is 11.1 Å². The Morgan fingerprint density at radius 2 is 1.75 bits per heavy atom. The second kappa shape index (κ2) is 8.02. The van der Waals surface area contributed by atoms with Gasteiger partial charge in [0.25, 0.3) is 0 Å². The van der Waals surface area contributed by atoms with Crippen LogP contribution in [0, 0.1) is 0 Å². The fourth-order valence-corrected chi connectivity index (χ4v) is 4.01. The van der Waals surface area contributed by atoms with E-state index in [1.807, 2.05) is 0 Å². The summed E-state index contributed by atoms with van der Waals surface area (Å²) < 4.78 is 0. The molecule has 24 heavy (non-hydrogen) atoms. The number of aliphatic imine (C=N–C) groups is 1. The van der Waals surface area contributed by atoms with E-state index in [1.54, 1.807) is 0 Å². The molecule has 1 aromatic rings. The maximum absolute atomic E-state index is 6.21. The second-order valence-corrected chi connectivity index (χ2v) is 7.17. The van der Waals surface area contributed by atoms with Crippen molar-refractivity contribution in [3.8, 4) is 0 Å². The summed E-state index contributed by atoms with van der Waals surface area (Å²) >= 11 is 0. The Hall–Kier alpha value is -1.55. The predicted molar refractivity (Wildman–Crippen MR) is 103 cm³/mol. The fraction of sp³-hybridized carbons (Fsp3) is 0.650. The van der Waals surface area contributed by atoms with Crippen LogP contribution in [0.1, 0.15) is 57.1 Å². The van der Waals surface area contributed by atoms with Gasteiger partial charge in [-0.05, 0) is 62.7 Å². The van der Waals surface area contributed by atoms with Gasteiger partial charge in [0.1, 0.15) is 0 Å². The first-order chi connectivity index (χ1) is 11.7. The summed E-state index contributed by atoms with van der Waals surface area (Å²) in [6, 6.07) is 7.60. The topological polar surface area (TPSA) is 53.6 Å². The van der Waals surface area contributed by atoms with Gasteiger partial charge in [-0.3, -0.25) is 0 Å². The molecule has 2 aliphatic rings. The molecule has 1 aliphatic heterocycles. The van der Waals surface area contributed by atoms with Crippen molar-refractivity contribution in [2.45, 2.75) is 70.9 Å². The molecule has 0 amide bonds. The lowest BCUT2D eigenvalue weighted by Gasteiger charge is -2.43. The lowest BCUT2D eigenvalue weighted by Crippen LogP contribution is -2.49. The molecule has 1 saturated carbocycles. The average molecular weight is 329 g/mol. The summed E-state index contributed by atoms with van der Waals surface area (Å²) in [5, 5.41) is 3.39. The van der Waals surface area contributed by atoms with E-state index in [0.29, 0.717) is 12.0 Å². The normalized spacial score (nSPS) is 25.3. The van der Waals surface area contributed by atoms with Crippen LogP contribution in [-0.2, 0) is 12.8 Å². The van der Waals surface area contributed by atoms with Crippen LogP contribution >= 0.6 is 0 Å². The average Bonchev–Trinajstić information content (AvgIpc) is 2.58. The van der Waals surface area contributed by atoms with Crippen molar-refractivity contribution in [2.75, 3.05) is 18.4 Å². The highest BCUT2D eigenvalue weighted by molar-refractivity contribution is 5.94. The van der Waals surface area contributed by atoms with E-state index in [-0.39, 0.29) is 0 Å². The number of likely N-dealkylation sites (tertiary alicyclic amines) is 1. The minimum absolute atomic E-state index is 0.392. The summed E-state index contributed by atoms with van der Waals surface area (Å²) in [6.07, 6.45) is 8.46. The van der Waals surface area contributed by atoms with Crippen LogP contribution in [-0.4, -0.2) is 36.0 Å². The van der Waals surface area contributed by atoms with Gasteiger partial charge >= 0.3 is 0 Å². The number of benzene rings is 1. The van der Waals surface area contributed by atoms with E-state index in [2.05, 4.69) is 42.3 Å². The first-order valence-corrected chi connectivity index (χ1v) is 9.66. The number of nitrogens with zero attached hydrogens (tertiary/aromatic N) is 2. The number of guanidine groups is 1. The number of piperidine rings is 1. The quantitative estimate of drug-likeness (QED) is 0.642. The zero-order valence-electron chi connectivity index (χ0n) is 15.2. The molecule has 1 heterocycles. The number of hydrogen-bond donors (Lipinski definition) is 2. The Labute approximate surface area is 146 Å². The van der Waals surface area contributed by atoms with Gasteiger partial charge in [0.05, 0.1) is 6.04 Å². The molecule has 1 aromatic carbocycles. The summed E-state index contributed by atoms with van der Waals surface area (Å²) in [5.41, 5.74) is 10.00. The van der Waals surface area contributed by atoms with Crippen molar-refractivity contribution in [3.63, 3.8) is 0 Å². The van der Waals surface area contributed by atoms with Gasteiger partial charge in [-0.2, -0.15) is 0 Å². The second-order valence-electron chi connectivity index (χ2n) is 7.17. The number of para-hydroxylation sites is 1. The molecule has 0 unspecified atom stereocenters. The van der Waals surface area contributed by atoms with E-state index in [4.69, 9.17) is 10.7 Å². The molecule has 3 N–H and O–H groups in total. The maximum Gasteiger partial charge on any atom is 0.193 e. The summed E-state index contributed by atoms with van der Waals surface area (Å²) in [5.74, 6) is 0.577. The first kappa shape index (κ1) is 17.3. The molecule has 0 aromatic heterocycles. The van der Waals surface area contributed by atoms with Crippen molar-refractivity contribution >= 4 is 11.6 Å². The van der Waals surface area contributed by atoms with Gasteiger partial charge in [0, 0.05) is 11.7 Å². The molecule has 4 nitrogen and oxygen atoms in total. The molecule has 0 atom stereocenters. The molecule has 0 spiro atoms. The van der Waals surface area contributed by atoms with Crippen LogP contribution in [0.15, 0.2) is 23.2 Å². The number of hydrogen-bond acceptors (Lipinski definition) is 2. The zero-order valence-corrected chi connectivity index (χ0v) is 15.2. The minimum Gasteiger partial charge on any atom is -0.370 e. The number of nitrogens with one attached hydrogen (secondary N) is 1. The third-order valence-electron chi connectivity index (χ3n) is 5.57. The summed E-state index contributed by atoms with van der Waals surface area (Å²) in [7, 11) is 0. The van der Waals surface area contributed by atoms with Gasteiger partial charge < -0.3 is 16.0 Å². The SMILES string of the molecule is CCc1cccc(CC)c1NC(N)=NC1CC(N2CCCCC2)C1. The van der Waals surface area contributed by atoms with Crippen LogP contribution in [0.4, 0.5) is 5.69 Å². The Morgan fingerprint density at radius 3 is 2.33 bits per heavy atom. The Balaban J connectivity index is 1.58. The van der Waals surface area contributed by atoms with Crippen molar-refractivity contribution in [1.82, 2.24) is 4.90 Å². The number of nitrogens with two attached hydrogens (primary N) is 1. The van der Waals surface area contributed by atoms with Gasteiger partial charge in [0.15, 0.2) is 5.96 Å². The first-order valence-electron chi connectivity index (χ1n) is 9.66. The smallest absolute Gasteiger partial charge is 0.193 e. The predicted octanol–water partition coefficient (Wildman–Crippen LogP) is 3.55. The number of anilines is 1. The number of rotatable bonds is 5. The Bertz CT molecular complexity index is 547. The van der Waals surface area contributed by atoms with Crippen LogP contribution in [0.5, 0.6) is 0 Å². The monoisotopic (exact) mass is 328 g/mol. The molecule has 2 fully saturated rings. The Kier molecular flexibility index (Phi) is 5.77. The van der Waals surface area contributed by atoms with Crippen molar-refractivity contribution in [1.29, 1.82) is 0 Å². The third-order valence-corrected chi connectivity index (χ3v) is 5.57. The highest BCUT2D eigenvalue weighted by Crippen LogP contribution is 2.30. The molecule has 0 radical (unpaired) electrons. The zero-order chi connectivity index (χ0) is 16.9. The van der Waals surface area contributed by atoms with Crippen molar-refractivity contribution in [3.05, 3.63) is 29.3 Å². The van der Waals surface area contributed by atoms with Crippen LogP contribution in [0.2, 0.25) is 0 Å². The lowest BCUT2D eigenvalue weighted by molar-refractivity contribution is 0.0912. The molecular weight excluding hydrogens is 296 g/mol. The molecule has 132 valence electrons. The minimum atomic E-state index is 0.392. The van der Waals surface area contributed by atoms with E-state index >= 15 is 0 Å². The molecular formula is C20H32N4. The van der Waals surface area contributed by atoms with E-state index < -0.39 is 0 Å². The molecule has 4 heteroatoms. The molecule has 3 rings (SSSR count). The van der Waals surface area contributed by atoms with Crippen molar-refractivity contribution in [2.24, 2.45) is 10.7 Å². The number of aryl methyl sites for hydroxylation is 2. The maximum atomic E-state index is 6.21. The van der Waals surface area contributed by atoms with Gasteiger partial charge in [-0.25, -0.2) is 4.99 Å². The van der Waals surface area contributed by atoms with Crippen molar-refractivity contribution < 1.29 is 0 Å². The van der Waals surface area contributed by atoms with Gasteiger partial charge in [-0.15, -0.1) is 0 Å². The Morgan fingerprint density at radius 1 is 1.12 bits per heavy atom. The van der Waals surface area contributed by atoms with Gasteiger partial charge in [0.2, 0.25) is 0 Å². The van der Waals surface area contributed by atoms with Gasteiger partial charge in [-0.1, -0.05) is 38.5 Å². The fourth-order valence-electron chi connectivity index (χ4n) is 4.01. The third kappa shape index (κ3) is 3.92. The van der Waals surface area contributed by atoms with Crippen LogP contribution in [0.3, 0.4) is 0 Å². The lowest BCUT2D eigenvalue weighted by atomic mass is 9.85. The standard InChI is InChI=1S/C20H32N4/c1-3-15-9-8-10-16(4-2)19(15)23-20(21)22-17-13-18(14-17)24-11-6-5-7-12-24/h8-10,17-18H,3-7,11-14H2,1-2H3,(H3,21,22,23). The highest BCUT2D eigenvalue weighted by atomic mass is 15.2. The summed E-state index contributed by atoms with van der Waals surface area (Å²) in [4.78, 5) is 7.38. The summed E-state index contributed by atoms with van der Waals surface area (Å²) in [6.45, 7) is 6.92. The molecule has 1 saturated heterocycles. The molecule has 1 aliphatic carbocycles. The largest absolute Gasteiger partial charge is 0.370 e. The molecule has 0 bridgehead atoms. The highest BCUT2D eigenvalue weighted by Gasteiger charge is 2.34. The van der Waals surface area contributed by atoms with Crippen LogP contribution in [0.25, 0.3) is 0 Å². The van der Waals surface area contributed by atoms with E-state index in [9.17, 15) is 0 Å². The van der Waals surface area contributed by atoms with E-state index in [0.717, 1.165) is 24.6 Å². The van der Waals surface area contributed by atoms with E-state index in [1.165, 1.54) is 56.3 Å².